The van der Waals surface area contributed by atoms with Crippen molar-refractivity contribution < 1.29 is 0 Å². The number of aromatic nitrogens is 6. The van der Waals surface area contributed by atoms with E-state index in [0.717, 1.165) is 5.69 Å². The second-order valence-corrected chi connectivity index (χ2v) is 5.97. The lowest BCUT2D eigenvalue weighted by molar-refractivity contribution is 0.570. The first-order chi connectivity index (χ1) is 12.1. The van der Waals surface area contributed by atoms with Crippen LogP contribution in [-0.4, -0.2) is 29.8 Å². The summed E-state index contributed by atoms with van der Waals surface area (Å²) in [6.45, 7) is 1.96. The second kappa shape index (κ2) is 6.10. The molecule has 0 aliphatic rings. The van der Waals surface area contributed by atoms with Gasteiger partial charge in [0.25, 0.3) is 5.56 Å². The number of fused-ring (bicyclic) bond motifs is 1. The van der Waals surface area contributed by atoms with Gasteiger partial charge in [0.2, 0.25) is 0 Å². The molecule has 4 aromatic rings. The van der Waals surface area contributed by atoms with Crippen LogP contribution < -0.4 is 5.56 Å². The Hall–Kier alpha value is -3.06. The number of aryl methyl sites for hydroxylation is 1. The molecule has 0 aliphatic heterocycles. The lowest BCUT2D eigenvalue weighted by atomic mass is 10.2. The van der Waals surface area contributed by atoms with Gasteiger partial charge in [0.1, 0.15) is 17.9 Å². The topological polar surface area (TPSA) is 78.5 Å². The van der Waals surface area contributed by atoms with Crippen LogP contribution in [0, 0.1) is 6.92 Å². The number of rotatable bonds is 3. The summed E-state index contributed by atoms with van der Waals surface area (Å²) in [5, 5.41) is 13.7. The number of nitrogens with zero attached hydrogens (tertiary/aromatic N) is 6. The third kappa shape index (κ3) is 2.89. The van der Waals surface area contributed by atoms with Crippen LogP contribution in [0.25, 0.3) is 16.6 Å². The van der Waals surface area contributed by atoms with E-state index in [9.17, 15) is 4.79 Å². The Balaban J connectivity index is 1.78. The standard InChI is InChI=1S/C17H13ClN6O/c1-11-19-16(24(21-11)13-8-6-12(18)7-9-13)10-23-17(25)14-4-2-3-5-15(14)20-22-23/h2-9H,10H2,1H3. The molecule has 0 saturated heterocycles. The molecule has 0 N–H and O–H groups in total. The molecule has 7 nitrogen and oxygen atoms in total. The first-order valence-corrected chi connectivity index (χ1v) is 8.00. The molecular weight excluding hydrogens is 340 g/mol. The largest absolute Gasteiger partial charge is 0.278 e. The summed E-state index contributed by atoms with van der Waals surface area (Å²) >= 11 is 5.94. The minimum absolute atomic E-state index is 0.167. The van der Waals surface area contributed by atoms with Crippen molar-refractivity contribution in [3.05, 3.63) is 75.6 Å². The third-order valence-electron chi connectivity index (χ3n) is 3.77. The van der Waals surface area contributed by atoms with Gasteiger partial charge in [-0.1, -0.05) is 28.9 Å². The lowest BCUT2D eigenvalue weighted by Gasteiger charge is -2.07. The number of hydrogen-bond donors (Lipinski definition) is 0. The predicted octanol–water partition coefficient (Wildman–Crippen LogP) is 2.38. The highest BCUT2D eigenvalue weighted by Gasteiger charge is 2.13. The van der Waals surface area contributed by atoms with Crippen LogP contribution in [0.3, 0.4) is 0 Å². The second-order valence-electron chi connectivity index (χ2n) is 5.53. The van der Waals surface area contributed by atoms with Crippen molar-refractivity contribution >= 4 is 22.5 Å². The number of hydrogen-bond acceptors (Lipinski definition) is 5. The zero-order valence-corrected chi connectivity index (χ0v) is 14.1. The van der Waals surface area contributed by atoms with E-state index in [1.54, 1.807) is 41.9 Å². The zero-order chi connectivity index (χ0) is 17.4. The summed E-state index contributed by atoms with van der Waals surface area (Å²) in [5.74, 6) is 1.19. The molecule has 2 aromatic carbocycles. The van der Waals surface area contributed by atoms with Crippen LogP contribution in [0.4, 0.5) is 0 Å². The fraction of sp³-hybridized carbons (Fsp3) is 0.118. The maximum atomic E-state index is 12.6. The average molecular weight is 353 g/mol. The van der Waals surface area contributed by atoms with Crippen molar-refractivity contribution in [3.63, 3.8) is 0 Å². The van der Waals surface area contributed by atoms with E-state index in [1.165, 1.54) is 4.68 Å². The van der Waals surface area contributed by atoms with Crippen molar-refractivity contribution in [2.75, 3.05) is 0 Å². The molecule has 2 heterocycles. The zero-order valence-electron chi connectivity index (χ0n) is 13.3. The lowest BCUT2D eigenvalue weighted by Crippen LogP contribution is -2.26. The smallest absolute Gasteiger partial charge is 0.267 e. The van der Waals surface area contributed by atoms with Gasteiger partial charge in [0.05, 0.1) is 11.1 Å². The monoisotopic (exact) mass is 352 g/mol. The predicted molar refractivity (Wildman–Crippen MR) is 94.0 cm³/mol. The Morgan fingerprint density at radius 3 is 2.64 bits per heavy atom. The molecule has 0 bridgehead atoms. The molecule has 0 fully saturated rings. The highest BCUT2D eigenvalue weighted by molar-refractivity contribution is 6.30. The van der Waals surface area contributed by atoms with Gasteiger partial charge in [-0.3, -0.25) is 4.79 Å². The first kappa shape index (κ1) is 15.5. The minimum Gasteiger partial charge on any atom is -0.267 e. The van der Waals surface area contributed by atoms with E-state index >= 15 is 0 Å². The highest BCUT2D eigenvalue weighted by Crippen LogP contribution is 2.15. The Labute approximate surface area is 147 Å². The molecule has 0 radical (unpaired) electrons. The fourth-order valence-corrected chi connectivity index (χ4v) is 2.74. The van der Waals surface area contributed by atoms with Crippen LogP contribution in [-0.2, 0) is 6.54 Å². The molecular formula is C17H13ClN6O. The van der Waals surface area contributed by atoms with Crippen LogP contribution in [0.1, 0.15) is 11.6 Å². The van der Waals surface area contributed by atoms with Gasteiger partial charge in [0, 0.05) is 5.02 Å². The molecule has 4 rings (SSSR count). The summed E-state index contributed by atoms with van der Waals surface area (Å²) < 4.78 is 2.97. The van der Waals surface area contributed by atoms with E-state index in [4.69, 9.17) is 11.6 Å². The van der Waals surface area contributed by atoms with Crippen LogP contribution in [0.2, 0.25) is 5.02 Å². The highest BCUT2D eigenvalue weighted by atomic mass is 35.5. The SMILES string of the molecule is Cc1nc(Cn2nnc3ccccc3c2=O)n(-c2ccc(Cl)cc2)n1. The van der Waals surface area contributed by atoms with Gasteiger partial charge < -0.3 is 0 Å². The summed E-state index contributed by atoms with van der Waals surface area (Å²) in [4.78, 5) is 17.0. The van der Waals surface area contributed by atoms with Crippen molar-refractivity contribution in [3.8, 4) is 5.69 Å². The Morgan fingerprint density at radius 1 is 1.08 bits per heavy atom. The Morgan fingerprint density at radius 2 is 1.84 bits per heavy atom. The normalized spacial score (nSPS) is 11.1. The quantitative estimate of drug-likeness (QED) is 0.565. The molecule has 124 valence electrons. The maximum Gasteiger partial charge on any atom is 0.278 e. The van der Waals surface area contributed by atoms with Crippen LogP contribution in [0.15, 0.2) is 53.3 Å². The molecule has 0 amide bonds. The van der Waals surface area contributed by atoms with Gasteiger partial charge in [0.15, 0.2) is 5.82 Å². The van der Waals surface area contributed by atoms with Gasteiger partial charge in [-0.05, 0) is 43.3 Å². The van der Waals surface area contributed by atoms with Crippen molar-refractivity contribution in [1.82, 2.24) is 29.8 Å². The van der Waals surface area contributed by atoms with Crippen LogP contribution in [0.5, 0.6) is 0 Å². The van der Waals surface area contributed by atoms with E-state index in [-0.39, 0.29) is 12.1 Å². The van der Waals surface area contributed by atoms with E-state index in [1.807, 2.05) is 18.2 Å². The van der Waals surface area contributed by atoms with Gasteiger partial charge in [-0.25, -0.2) is 14.3 Å². The molecule has 8 heteroatoms. The Kier molecular flexibility index (Phi) is 3.77. The van der Waals surface area contributed by atoms with E-state index < -0.39 is 0 Å². The van der Waals surface area contributed by atoms with Crippen molar-refractivity contribution in [2.45, 2.75) is 13.5 Å². The first-order valence-electron chi connectivity index (χ1n) is 7.63. The van der Waals surface area contributed by atoms with E-state index in [0.29, 0.717) is 27.6 Å². The molecule has 25 heavy (non-hydrogen) atoms. The average Bonchev–Trinajstić information content (AvgIpc) is 2.99. The molecule has 0 atom stereocenters. The molecule has 0 unspecified atom stereocenters. The molecule has 0 saturated carbocycles. The van der Waals surface area contributed by atoms with Gasteiger partial charge in [-0.2, -0.15) is 5.10 Å². The maximum absolute atomic E-state index is 12.6. The summed E-state index contributed by atoms with van der Waals surface area (Å²) in [5.41, 5.74) is 1.16. The number of benzene rings is 2. The molecule has 0 aliphatic carbocycles. The fourth-order valence-electron chi connectivity index (χ4n) is 2.61. The Bertz CT molecular complexity index is 1120. The summed E-state index contributed by atoms with van der Waals surface area (Å²) in [7, 11) is 0. The summed E-state index contributed by atoms with van der Waals surface area (Å²) in [6.07, 6.45) is 0. The van der Waals surface area contributed by atoms with E-state index in [2.05, 4.69) is 20.4 Å². The van der Waals surface area contributed by atoms with Gasteiger partial charge >= 0.3 is 0 Å². The molecule has 2 aromatic heterocycles. The summed E-state index contributed by atoms with van der Waals surface area (Å²) in [6, 6.07) is 14.4. The minimum atomic E-state index is -0.214. The van der Waals surface area contributed by atoms with Crippen LogP contribution >= 0.6 is 11.6 Å². The molecule has 0 spiro atoms. The van der Waals surface area contributed by atoms with Crippen molar-refractivity contribution in [2.24, 2.45) is 0 Å². The van der Waals surface area contributed by atoms with Gasteiger partial charge in [-0.15, -0.1) is 5.10 Å². The third-order valence-corrected chi connectivity index (χ3v) is 4.02. The van der Waals surface area contributed by atoms with Crippen molar-refractivity contribution in [1.29, 1.82) is 0 Å². The number of halogens is 1.